The molecule has 114 valence electrons. The van der Waals surface area contributed by atoms with Crippen LogP contribution in [0.4, 0.5) is 0 Å². The van der Waals surface area contributed by atoms with Gasteiger partial charge in [0.2, 0.25) is 0 Å². The van der Waals surface area contributed by atoms with Crippen molar-refractivity contribution in [3.63, 3.8) is 0 Å². The Kier molecular flexibility index (Phi) is 5.86. The van der Waals surface area contributed by atoms with Crippen LogP contribution in [-0.4, -0.2) is 43.0 Å². The summed E-state index contributed by atoms with van der Waals surface area (Å²) >= 11 is 3.18. The van der Waals surface area contributed by atoms with Crippen LogP contribution in [0.25, 0.3) is 0 Å². The van der Waals surface area contributed by atoms with Crippen molar-refractivity contribution >= 4 is 28.6 Å². The minimum absolute atomic E-state index is 0.127. The van der Waals surface area contributed by atoms with Gasteiger partial charge in [0.25, 0.3) is 5.91 Å². The van der Waals surface area contributed by atoms with Crippen LogP contribution in [0, 0.1) is 0 Å². The third-order valence-electron chi connectivity index (χ3n) is 3.09. The topological polar surface area (TPSA) is 71.2 Å². The molecule has 0 aliphatic rings. The van der Waals surface area contributed by atoms with Crippen molar-refractivity contribution in [3.8, 4) is 0 Å². The minimum Gasteiger partial charge on any atom is -0.349 e. The smallest absolute Gasteiger partial charge is 0.270 e. The minimum atomic E-state index is -0.127. The molecule has 3 N–H and O–H groups in total. The molecule has 7 heteroatoms. The molecule has 5 nitrogen and oxygen atoms in total. The normalized spacial score (nSPS) is 12.6. The highest BCUT2D eigenvalue weighted by Gasteiger charge is 2.17. The van der Waals surface area contributed by atoms with Gasteiger partial charge in [-0.05, 0) is 32.1 Å². The van der Waals surface area contributed by atoms with Gasteiger partial charge >= 0.3 is 0 Å². The number of thiophene rings is 1. The van der Waals surface area contributed by atoms with Crippen molar-refractivity contribution < 1.29 is 4.79 Å². The Morgan fingerprint density at radius 1 is 1.48 bits per heavy atom. The number of hydrogen-bond donors (Lipinski definition) is 2. The molecule has 0 saturated carbocycles. The first-order chi connectivity index (χ1) is 10.1. The highest BCUT2D eigenvalue weighted by atomic mass is 32.1. The molecule has 1 atom stereocenters. The first-order valence-electron chi connectivity index (χ1n) is 6.74. The lowest BCUT2D eigenvalue weighted by molar-refractivity contribution is 0.0938. The molecule has 1 unspecified atom stereocenters. The monoisotopic (exact) mass is 324 g/mol. The summed E-state index contributed by atoms with van der Waals surface area (Å²) in [6, 6.07) is 4.29. The number of nitrogens with zero attached hydrogens (tertiary/aromatic N) is 2. The number of nitrogens with one attached hydrogen (secondary N) is 1. The van der Waals surface area contributed by atoms with Crippen LogP contribution in [0.5, 0.6) is 0 Å². The molecule has 1 amide bonds. The van der Waals surface area contributed by atoms with E-state index in [2.05, 4.69) is 21.3 Å². The van der Waals surface area contributed by atoms with E-state index in [1.807, 2.05) is 25.5 Å². The molecule has 2 aromatic rings. The maximum Gasteiger partial charge on any atom is 0.270 e. The van der Waals surface area contributed by atoms with Crippen molar-refractivity contribution in [2.24, 2.45) is 5.73 Å². The van der Waals surface area contributed by atoms with Crippen LogP contribution >= 0.6 is 22.7 Å². The van der Waals surface area contributed by atoms with Crippen molar-refractivity contribution in [2.75, 3.05) is 27.2 Å². The fourth-order valence-electron chi connectivity index (χ4n) is 1.95. The molecule has 2 heterocycles. The largest absolute Gasteiger partial charge is 0.349 e. The number of amides is 1. The van der Waals surface area contributed by atoms with Crippen molar-refractivity contribution in [2.45, 2.75) is 12.5 Å². The van der Waals surface area contributed by atoms with E-state index >= 15 is 0 Å². The number of rotatable bonds is 7. The van der Waals surface area contributed by atoms with E-state index in [1.54, 1.807) is 16.7 Å². The highest BCUT2D eigenvalue weighted by molar-refractivity contribution is 7.10. The van der Waals surface area contributed by atoms with E-state index < -0.39 is 0 Å². The molecule has 0 bridgehead atoms. The van der Waals surface area contributed by atoms with E-state index in [0.717, 1.165) is 5.01 Å². The summed E-state index contributed by atoms with van der Waals surface area (Å²) in [5, 5.41) is 7.71. The fraction of sp³-hybridized carbons (Fsp3) is 0.429. The highest BCUT2D eigenvalue weighted by Crippen LogP contribution is 2.22. The van der Waals surface area contributed by atoms with E-state index in [0.29, 0.717) is 25.2 Å². The number of hydrogen-bond acceptors (Lipinski definition) is 6. The molecular formula is C14H20N4OS2. The van der Waals surface area contributed by atoms with Crippen molar-refractivity contribution in [1.29, 1.82) is 0 Å². The first kappa shape index (κ1) is 16.1. The standard InChI is InChI=1S/C14H20N4OS2/c1-18(2)11(12-4-3-7-20-12)8-16-14(19)10-9-21-13(17-10)5-6-15/h3-4,7,9,11H,5-6,8,15H2,1-2H3,(H,16,19). The number of nitrogens with two attached hydrogens (primary N) is 1. The maximum absolute atomic E-state index is 12.1. The summed E-state index contributed by atoms with van der Waals surface area (Å²) < 4.78 is 0. The summed E-state index contributed by atoms with van der Waals surface area (Å²) in [5.74, 6) is -0.127. The van der Waals surface area contributed by atoms with Gasteiger partial charge in [0.05, 0.1) is 11.0 Å². The van der Waals surface area contributed by atoms with Crippen LogP contribution in [0.3, 0.4) is 0 Å². The molecule has 2 aromatic heterocycles. The third-order valence-corrected chi connectivity index (χ3v) is 4.98. The van der Waals surface area contributed by atoms with Crippen LogP contribution in [0.2, 0.25) is 0 Å². The van der Waals surface area contributed by atoms with Gasteiger partial charge in [0, 0.05) is 23.2 Å². The second-order valence-corrected chi connectivity index (χ2v) is 6.79. The molecule has 21 heavy (non-hydrogen) atoms. The molecule has 0 radical (unpaired) electrons. The van der Waals surface area contributed by atoms with Crippen LogP contribution < -0.4 is 11.1 Å². The lowest BCUT2D eigenvalue weighted by Gasteiger charge is -2.23. The van der Waals surface area contributed by atoms with E-state index in [-0.39, 0.29) is 11.9 Å². The summed E-state index contributed by atoms with van der Waals surface area (Å²) in [4.78, 5) is 19.8. The predicted molar refractivity (Wildman–Crippen MR) is 88.0 cm³/mol. The van der Waals surface area contributed by atoms with Gasteiger partial charge in [-0.2, -0.15) is 0 Å². The predicted octanol–water partition coefficient (Wildman–Crippen LogP) is 1.74. The zero-order chi connectivity index (χ0) is 15.2. The van der Waals surface area contributed by atoms with Gasteiger partial charge in [-0.1, -0.05) is 6.07 Å². The van der Waals surface area contributed by atoms with Crippen molar-refractivity contribution in [3.05, 3.63) is 38.5 Å². The van der Waals surface area contributed by atoms with Gasteiger partial charge < -0.3 is 16.0 Å². The summed E-state index contributed by atoms with van der Waals surface area (Å²) in [6.07, 6.45) is 0.716. The Morgan fingerprint density at radius 3 is 2.90 bits per heavy atom. The average molecular weight is 324 g/mol. The SMILES string of the molecule is CN(C)C(CNC(=O)c1csc(CCN)n1)c1cccs1. The maximum atomic E-state index is 12.1. The quantitative estimate of drug-likeness (QED) is 0.814. The first-order valence-corrected chi connectivity index (χ1v) is 8.50. The van der Waals surface area contributed by atoms with Gasteiger partial charge in [0.1, 0.15) is 5.69 Å². The molecule has 0 fully saturated rings. The molecule has 0 saturated heterocycles. The zero-order valence-corrected chi connectivity index (χ0v) is 13.8. The Bertz CT molecular complexity index is 565. The van der Waals surface area contributed by atoms with Crippen LogP contribution in [0.15, 0.2) is 22.9 Å². The van der Waals surface area contributed by atoms with E-state index in [1.165, 1.54) is 16.2 Å². The third kappa shape index (κ3) is 4.34. The molecule has 0 aliphatic carbocycles. The molecule has 0 aliphatic heterocycles. The number of likely N-dealkylation sites (N-methyl/N-ethyl adjacent to an activating group) is 1. The van der Waals surface area contributed by atoms with Gasteiger partial charge in [-0.15, -0.1) is 22.7 Å². The Labute approximate surface area is 132 Å². The molecule has 0 aromatic carbocycles. The number of carbonyl (C=O) groups is 1. The second kappa shape index (κ2) is 7.65. The summed E-state index contributed by atoms with van der Waals surface area (Å²) in [7, 11) is 4.03. The lowest BCUT2D eigenvalue weighted by atomic mass is 10.2. The van der Waals surface area contributed by atoms with Crippen LogP contribution in [0.1, 0.15) is 26.4 Å². The Hall–Kier alpha value is -1.28. The molecule has 0 spiro atoms. The average Bonchev–Trinajstić information content (AvgIpc) is 3.10. The Morgan fingerprint density at radius 2 is 2.29 bits per heavy atom. The number of aromatic nitrogens is 1. The summed E-state index contributed by atoms with van der Waals surface area (Å²) in [5.41, 5.74) is 5.97. The van der Waals surface area contributed by atoms with Crippen molar-refractivity contribution in [1.82, 2.24) is 15.2 Å². The van der Waals surface area contributed by atoms with Crippen LogP contribution in [-0.2, 0) is 6.42 Å². The van der Waals surface area contributed by atoms with Gasteiger partial charge in [-0.3, -0.25) is 4.79 Å². The number of thiazole rings is 1. The lowest BCUT2D eigenvalue weighted by Crippen LogP contribution is -2.34. The van der Waals surface area contributed by atoms with E-state index in [4.69, 9.17) is 5.73 Å². The molecule has 2 rings (SSSR count). The second-order valence-electron chi connectivity index (χ2n) is 4.87. The fourth-order valence-corrected chi connectivity index (χ4v) is 3.67. The zero-order valence-electron chi connectivity index (χ0n) is 12.2. The Balaban J connectivity index is 1.95. The van der Waals surface area contributed by atoms with E-state index in [9.17, 15) is 4.79 Å². The van der Waals surface area contributed by atoms with Gasteiger partial charge in [-0.25, -0.2) is 4.98 Å². The van der Waals surface area contributed by atoms with Gasteiger partial charge in [0.15, 0.2) is 0 Å². The molecular weight excluding hydrogens is 304 g/mol. The summed E-state index contributed by atoms with van der Waals surface area (Å²) in [6.45, 7) is 1.12. The number of carbonyl (C=O) groups excluding carboxylic acids is 1.